The van der Waals surface area contributed by atoms with Crippen LogP contribution in [0, 0.1) is 0 Å². The molecule has 0 saturated carbocycles. The van der Waals surface area contributed by atoms with Crippen molar-refractivity contribution in [3.63, 3.8) is 0 Å². The lowest BCUT2D eigenvalue weighted by atomic mass is 10.0. The van der Waals surface area contributed by atoms with E-state index in [4.69, 9.17) is 18.5 Å². The van der Waals surface area contributed by atoms with Gasteiger partial charge in [-0.1, -0.05) is 172 Å². The van der Waals surface area contributed by atoms with Gasteiger partial charge in [-0.25, -0.2) is 4.57 Å². The Morgan fingerprint density at radius 1 is 0.534 bits per heavy atom. The molecule has 0 radical (unpaired) electrons. The van der Waals surface area contributed by atoms with Gasteiger partial charge >= 0.3 is 19.8 Å². The Morgan fingerprint density at radius 2 is 0.931 bits per heavy atom. The molecule has 0 saturated heterocycles. The highest BCUT2D eigenvalue weighted by atomic mass is 31.2. The summed E-state index contributed by atoms with van der Waals surface area (Å²) < 4.78 is 34.3. The number of ether oxygens (including phenoxy) is 2. The van der Waals surface area contributed by atoms with E-state index in [2.05, 4.69) is 62.5 Å². The maximum Gasteiger partial charge on any atom is 0.472 e. The number of allylic oxidation sites excluding steroid dienone is 8. The highest BCUT2D eigenvalue weighted by Gasteiger charge is 2.27. The Morgan fingerprint density at radius 3 is 1.41 bits per heavy atom. The number of rotatable bonds is 42. The summed E-state index contributed by atoms with van der Waals surface area (Å²) in [5.41, 5.74) is 0. The van der Waals surface area contributed by atoms with Crippen LogP contribution in [0.25, 0.3) is 0 Å². The van der Waals surface area contributed by atoms with Crippen LogP contribution in [0.5, 0.6) is 0 Å². The topological polar surface area (TPSA) is 108 Å². The van der Waals surface area contributed by atoms with Crippen LogP contribution in [-0.2, 0) is 32.7 Å². The lowest BCUT2D eigenvalue weighted by Crippen LogP contribution is -2.37. The van der Waals surface area contributed by atoms with Crippen molar-refractivity contribution in [2.24, 2.45) is 0 Å². The largest absolute Gasteiger partial charge is 0.472 e. The molecule has 58 heavy (non-hydrogen) atoms. The predicted molar refractivity (Wildman–Crippen MR) is 243 cm³/mol. The molecule has 0 heterocycles. The van der Waals surface area contributed by atoms with Crippen LogP contribution in [0.4, 0.5) is 0 Å². The molecule has 0 aromatic rings. The second-order valence-electron chi connectivity index (χ2n) is 16.8. The van der Waals surface area contributed by atoms with E-state index in [1.54, 1.807) is 0 Å². The highest BCUT2D eigenvalue weighted by molar-refractivity contribution is 7.47. The van der Waals surface area contributed by atoms with Gasteiger partial charge in [-0.05, 0) is 57.8 Å². The van der Waals surface area contributed by atoms with E-state index in [1.807, 2.05) is 21.1 Å². The molecule has 0 aromatic carbocycles. The Labute approximate surface area is 356 Å². The molecule has 2 atom stereocenters. The minimum absolute atomic E-state index is 0.0248. The molecule has 1 N–H and O–H groups in total. The fourth-order valence-electron chi connectivity index (χ4n) is 6.17. The lowest BCUT2D eigenvalue weighted by Gasteiger charge is -2.24. The van der Waals surface area contributed by atoms with Gasteiger partial charge < -0.3 is 18.9 Å². The number of phosphoric ester groups is 1. The van der Waals surface area contributed by atoms with Crippen molar-refractivity contribution in [2.75, 3.05) is 47.5 Å². The summed E-state index contributed by atoms with van der Waals surface area (Å²) in [6, 6.07) is 0. The summed E-state index contributed by atoms with van der Waals surface area (Å²) in [6.07, 6.45) is 47.2. The van der Waals surface area contributed by atoms with E-state index in [1.165, 1.54) is 103 Å². The number of hydrogen-bond donors (Lipinski definition) is 1. The van der Waals surface area contributed by atoms with Crippen molar-refractivity contribution in [2.45, 2.75) is 200 Å². The molecule has 0 aliphatic rings. The number of quaternary nitrogens is 1. The number of hydrogen-bond acceptors (Lipinski definition) is 7. The number of nitrogens with zero attached hydrogens (tertiary/aromatic N) is 1. The second kappa shape index (κ2) is 40.4. The van der Waals surface area contributed by atoms with E-state index < -0.39 is 26.5 Å². The Kier molecular flexibility index (Phi) is 39.0. The number of carbonyl (C=O) groups is 2. The number of carbonyl (C=O) groups excluding carboxylic acids is 2. The predicted octanol–water partition coefficient (Wildman–Crippen LogP) is 13.5. The van der Waals surface area contributed by atoms with Gasteiger partial charge in [0, 0.05) is 12.8 Å². The Hall–Kier alpha value is -2.03. The molecule has 0 aliphatic heterocycles. The zero-order valence-electron chi connectivity index (χ0n) is 38.0. The molecule has 0 rings (SSSR count). The standard InChI is InChI=1S/C48H88NO8P/c1-6-8-10-12-14-16-18-20-22-23-24-25-27-29-31-33-35-37-39-41-48(51)57-46(45-56-58(52,53)55-43-42-49(3,4)5)44-54-47(50)40-38-36-34-32-30-28-26-21-19-17-15-13-11-9-7-2/h14,16,20,22,24-25,29,31,46H,6-13,15,17-19,21,23,26-28,30,32-45H2,1-5H3/p+1. The fourth-order valence-corrected chi connectivity index (χ4v) is 6.92. The first kappa shape index (κ1) is 56.0. The Balaban J connectivity index is 4.39. The summed E-state index contributed by atoms with van der Waals surface area (Å²) in [7, 11) is 1.45. The van der Waals surface area contributed by atoms with Gasteiger partial charge in [-0.2, -0.15) is 0 Å². The molecular weight excluding hydrogens is 750 g/mol. The smallest absolute Gasteiger partial charge is 0.462 e. The molecule has 0 aliphatic carbocycles. The van der Waals surface area contributed by atoms with Crippen molar-refractivity contribution in [1.82, 2.24) is 0 Å². The maximum absolute atomic E-state index is 12.7. The van der Waals surface area contributed by atoms with E-state index in [0.717, 1.165) is 57.8 Å². The Bertz CT molecular complexity index is 1130. The zero-order chi connectivity index (χ0) is 42.8. The minimum Gasteiger partial charge on any atom is -0.462 e. The maximum atomic E-state index is 12.7. The molecule has 0 fully saturated rings. The summed E-state index contributed by atoms with van der Waals surface area (Å²) in [6.45, 7) is 4.37. The van der Waals surface area contributed by atoms with Gasteiger partial charge in [0.15, 0.2) is 6.10 Å². The third kappa shape index (κ3) is 43.5. The van der Waals surface area contributed by atoms with Crippen LogP contribution in [0.15, 0.2) is 48.6 Å². The van der Waals surface area contributed by atoms with Crippen LogP contribution in [0.2, 0.25) is 0 Å². The number of likely N-dealkylation sites (N-methyl/N-ethyl adjacent to an activating group) is 1. The molecule has 2 unspecified atom stereocenters. The molecule has 338 valence electrons. The van der Waals surface area contributed by atoms with Crippen molar-refractivity contribution in [1.29, 1.82) is 0 Å². The molecule has 0 aromatic heterocycles. The fraction of sp³-hybridized carbons (Fsp3) is 0.792. The van der Waals surface area contributed by atoms with Gasteiger partial charge in [-0.15, -0.1) is 0 Å². The summed E-state index contributed by atoms with van der Waals surface area (Å²) in [4.78, 5) is 35.4. The molecule has 0 bridgehead atoms. The van der Waals surface area contributed by atoms with Gasteiger partial charge in [0.25, 0.3) is 0 Å². The van der Waals surface area contributed by atoms with Crippen molar-refractivity contribution in [3.8, 4) is 0 Å². The summed E-state index contributed by atoms with van der Waals surface area (Å²) >= 11 is 0. The van der Waals surface area contributed by atoms with Crippen LogP contribution in [-0.4, -0.2) is 74.9 Å². The normalized spacial score (nSPS) is 14.0. The van der Waals surface area contributed by atoms with E-state index in [-0.39, 0.29) is 32.0 Å². The number of esters is 2. The first-order valence-electron chi connectivity index (χ1n) is 23.4. The molecule has 0 amide bonds. The van der Waals surface area contributed by atoms with Gasteiger partial charge in [0.05, 0.1) is 27.7 Å². The van der Waals surface area contributed by atoms with Gasteiger partial charge in [0.2, 0.25) is 0 Å². The quantitative estimate of drug-likeness (QED) is 0.0213. The third-order valence-corrected chi connectivity index (χ3v) is 10.8. The average Bonchev–Trinajstić information content (AvgIpc) is 3.17. The number of phosphoric acid groups is 1. The van der Waals surface area contributed by atoms with Gasteiger partial charge in [0.1, 0.15) is 19.8 Å². The first-order chi connectivity index (χ1) is 28.0. The average molecular weight is 839 g/mol. The van der Waals surface area contributed by atoms with Crippen molar-refractivity contribution >= 4 is 19.8 Å². The van der Waals surface area contributed by atoms with Gasteiger partial charge in [-0.3, -0.25) is 18.6 Å². The minimum atomic E-state index is -4.38. The third-order valence-electron chi connectivity index (χ3n) is 9.86. The lowest BCUT2D eigenvalue weighted by molar-refractivity contribution is -0.870. The zero-order valence-corrected chi connectivity index (χ0v) is 38.9. The SMILES string of the molecule is CCCCCC=CCC=CCC=CCC=CCCCCCC(=O)OC(COC(=O)CCCCCCCCCCCCCCCCC)COP(=O)(O)OCC[N+](C)(C)C. The molecular formula is C48H89NO8P+. The first-order valence-corrected chi connectivity index (χ1v) is 24.9. The molecule has 9 nitrogen and oxygen atoms in total. The summed E-state index contributed by atoms with van der Waals surface area (Å²) in [5, 5.41) is 0. The van der Waals surface area contributed by atoms with Crippen LogP contribution >= 0.6 is 7.82 Å². The molecule has 0 spiro atoms. The summed E-state index contributed by atoms with van der Waals surface area (Å²) in [5.74, 6) is -0.831. The van der Waals surface area contributed by atoms with Crippen LogP contribution in [0.1, 0.15) is 194 Å². The van der Waals surface area contributed by atoms with Crippen LogP contribution in [0.3, 0.4) is 0 Å². The van der Waals surface area contributed by atoms with Crippen LogP contribution < -0.4 is 0 Å². The number of unbranched alkanes of at least 4 members (excludes halogenated alkanes) is 20. The second-order valence-corrected chi connectivity index (χ2v) is 18.2. The van der Waals surface area contributed by atoms with E-state index in [0.29, 0.717) is 17.4 Å². The van der Waals surface area contributed by atoms with Crippen molar-refractivity contribution < 1.29 is 42.1 Å². The van der Waals surface area contributed by atoms with Crippen molar-refractivity contribution in [3.05, 3.63) is 48.6 Å². The van der Waals surface area contributed by atoms with E-state index >= 15 is 0 Å². The van der Waals surface area contributed by atoms with E-state index in [9.17, 15) is 19.0 Å². The molecule has 10 heteroatoms. The highest BCUT2D eigenvalue weighted by Crippen LogP contribution is 2.43. The monoisotopic (exact) mass is 839 g/mol.